The molecule has 4 nitrogen and oxygen atoms in total. The summed E-state index contributed by atoms with van der Waals surface area (Å²) in [4.78, 5) is 2.73. The van der Waals surface area contributed by atoms with Crippen molar-refractivity contribution < 1.29 is 14.2 Å². The fourth-order valence-corrected chi connectivity index (χ4v) is 5.17. The Hall–Kier alpha value is -1.94. The molecule has 1 saturated carbocycles. The monoisotopic (exact) mass is 367 g/mol. The molecule has 0 aromatic heterocycles. The van der Waals surface area contributed by atoms with E-state index in [1.54, 1.807) is 14.2 Å². The summed E-state index contributed by atoms with van der Waals surface area (Å²) in [7, 11) is 3.46. The van der Waals surface area contributed by atoms with Crippen LogP contribution in [-0.2, 0) is 11.2 Å². The van der Waals surface area contributed by atoms with Gasteiger partial charge >= 0.3 is 0 Å². The van der Waals surface area contributed by atoms with E-state index in [1.807, 2.05) is 0 Å². The minimum Gasteiger partial charge on any atom is -0.497 e. The molecular formula is C23H29NO3. The summed E-state index contributed by atoms with van der Waals surface area (Å²) in [6.45, 7) is 4.68. The molecule has 4 heteroatoms. The molecule has 144 valence electrons. The van der Waals surface area contributed by atoms with Crippen LogP contribution in [0.25, 0.3) is 0 Å². The van der Waals surface area contributed by atoms with E-state index < -0.39 is 0 Å². The number of rotatable bonds is 7. The van der Waals surface area contributed by atoms with Crippen molar-refractivity contribution in [1.29, 1.82) is 0 Å². The highest BCUT2D eigenvalue weighted by Crippen LogP contribution is 2.56. The van der Waals surface area contributed by atoms with Gasteiger partial charge in [0.25, 0.3) is 0 Å². The molecule has 1 aromatic carbocycles. The van der Waals surface area contributed by atoms with Crippen LogP contribution in [0.5, 0.6) is 11.5 Å². The van der Waals surface area contributed by atoms with Gasteiger partial charge in [0.05, 0.1) is 20.1 Å². The lowest BCUT2D eigenvalue weighted by Gasteiger charge is -2.41. The van der Waals surface area contributed by atoms with Gasteiger partial charge in [-0.3, -0.25) is 4.90 Å². The molecule has 0 saturated heterocycles. The average Bonchev–Trinajstić information content (AvgIpc) is 3.42. The summed E-state index contributed by atoms with van der Waals surface area (Å²) in [6.07, 6.45) is 9.41. The molecular weight excluding hydrogens is 338 g/mol. The van der Waals surface area contributed by atoms with Crippen LogP contribution in [0.15, 0.2) is 35.6 Å². The van der Waals surface area contributed by atoms with E-state index in [2.05, 4.69) is 36.1 Å². The number of hydrogen-bond donors (Lipinski definition) is 0. The molecule has 1 aromatic rings. The summed E-state index contributed by atoms with van der Waals surface area (Å²) >= 11 is 0. The molecule has 1 aliphatic heterocycles. The molecule has 27 heavy (non-hydrogen) atoms. The summed E-state index contributed by atoms with van der Waals surface area (Å²) < 4.78 is 17.7. The molecule has 0 radical (unpaired) electrons. The van der Waals surface area contributed by atoms with Gasteiger partial charge in [0.1, 0.15) is 5.76 Å². The average molecular weight is 367 g/mol. The number of benzene rings is 1. The van der Waals surface area contributed by atoms with Crippen molar-refractivity contribution >= 4 is 0 Å². The van der Waals surface area contributed by atoms with Gasteiger partial charge in [0.2, 0.25) is 0 Å². The highest BCUT2D eigenvalue weighted by atomic mass is 16.6. The maximum absolute atomic E-state index is 6.43. The molecule has 0 amide bonds. The van der Waals surface area contributed by atoms with E-state index in [-0.39, 0.29) is 12.0 Å². The lowest BCUT2D eigenvalue weighted by molar-refractivity contribution is 0.137. The minimum absolute atomic E-state index is 0.0627. The van der Waals surface area contributed by atoms with Crippen molar-refractivity contribution in [2.75, 3.05) is 27.3 Å². The predicted molar refractivity (Wildman–Crippen MR) is 105 cm³/mol. The normalized spacial score (nSPS) is 27.6. The largest absolute Gasteiger partial charge is 0.497 e. The fraction of sp³-hybridized carbons (Fsp3) is 0.565. The Labute approximate surface area is 161 Å². The van der Waals surface area contributed by atoms with E-state index in [0.29, 0.717) is 6.04 Å². The van der Waals surface area contributed by atoms with Gasteiger partial charge < -0.3 is 14.2 Å². The maximum atomic E-state index is 6.43. The van der Waals surface area contributed by atoms with Crippen LogP contribution in [0.3, 0.4) is 0 Å². The zero-order valence-electron chi connectivity index (χ0n) is 16.5. The second-order valence-electron chi connectivity index (χ2n) is 8.28. The van der Waals surface area contributed by atoms with Crippen LogP contribution in [0.1, 0.15) is 43.2 Å². The topological polar surface area (TPSA) is 30.9 Å². The highest BCUT2D eigenvalue weighted by Gasteiger charge is 2.49. The van der Waals surface area contributed by atoms with Crippen molar-refractivity contribution in [2.45, 2.75) is 50.7 Å². The van der Waals surface area contributed by atoms with Crippen LogP contribution < -0.4 is 9.47 Å². The van der Waals surface area contributed by atoms with E-state index in [1.165, 1.54) is 42.5 Å². The van der Waals surface area contributed by atoms with Gasteiger partial charge in [-0.15, -0.1) is 0 Å². The Bertz CT molecular complexity index is 808. The highest BCUT2D eigenvalue weighted by molar-refractivity contribution is 5.63. The minimum atomic E-state index is -0.0627. The Morgan fingerprint density at radius 1 is 1.15 bits per heavy atom. The molecule has 0 N–H and O–H groups in total. The smallest absolute Gasteiger partial charge is 0.166 e. The summed E-state index contributed by atoms with van der Waals surface area (Å²) in [5.41, 5.74) is 4.23. The lowest BCUT2D eigenvalue weighted by atomic mass is 9.72. The Morgan fingerprint density at radius 3 is 2.70 bits per heavy atom. The van der Waals surface area contributed by atoms with Crippen LogP contribution in [0, 0.1) is 5.92 Å². The molecule has 5 rings (SSSR count). The first kappa shape index (κ1) is 17.2. The molecule has 3 atom stereocenters. The number of methoxy groups -OCH3 is 2. The molecule has 4 aliphatic rings. The second-order valence-corrected chi connectivity index (χ2v) is 8.28. The van der Waals surface area contributed by atoms with Crippen molar-refractivity contribution in [3.8, 4) is 11.5 Å². The van der Waals surface area contributed by atoms with Crippen molar-refractivity contribution in [3.63, 3.8) is 0 Å². The Balaban J connectivity index is 1.60. The summed E-state index contributed by atoms with van der Waals surface area (Å²) in [6, 6.07) is 4.78. The van der Waals surface area contributed by atoms with Gasteiger partial charge in [0.15, 0.2) is 17.6 Å². The zero-order chi connectivity index (χ0) is 18.5. The molecule has 1 unspecified atom stereocenters. The van der Waals surface area contributed by atoms with Crippen LogP contribution in [-0.4, -0.2) is 44.4 Å². The van der Waals surface area contributed by atoms with Crippen molar-refractivity contribution in [3.05, 3.63) is 46.7 Å². The van der Waals surface area contributed by atoms with E-state index in [0.717, 1.165) is 36.1 Å². The van der Waals surface area contributed by atoms with Gasteiger partial charge in [-0.1, -0.05) is 19.1 Å². The zero-order valence-corrected chi connectivity index (χ0v) is 16.5. The SMILES string of the molecule is CCCN(CC1CC1)[C@@H]1Cc2ccc(OC)c3c2C2C1=CC=C(OC)[C@@H]2O3. The van der Waals surface area contributed by atoms with Crippen molar-refractivity contribution in [1.82, 2.24) is 4.90 Å². The summed E-state index contributed by atoms with van der Waals surface area (Å²) in [5, 5.41) is 0. The van der Waals surface area contributed by atoms with E-state index in [9.17, 15) is 0 Å². The van der Waals surface area contributed by atoms with Crippen LogP contribution >= 0.6 is 0 Å². The number of ether oxygens (including phenoxy) is 3. The molecule has 0 bridgehead atoms. The van der Waals surface area contributed by atoms with Crippen molar-refractivity contribution in [2.24, 2.45) is 5.92 Å². The molecule has 1 heterocycles. The molecule has 1 fully saturated rings. The maximum Gasteiger partial charge on any atom is 0.166 e. The van der Waals surface area contributed by atoms with E-state index >= 15 is 0 Å². The number of nitrogens with zero attached hydrogens (tertiary/aromatic N) is 1. The third kappa shape index (κ3) is 2.68. The fourth-order valence-electron chi connectivity index (χ4n) is 5.17. The number of allylic oxidation sites excluding steroid dienone is 2. The third-order valence-corrected chi connectivity index (χ3v) is 6.58. The predicted octanol–water partition coefficient (Wildman–Crippen LogP) is 4.06. The Morgan fingerprint density at radius 2 is 2.00 bits per heavy atom. The Kier molecular flexibility index (Phi) is 4.19. The van der Waals surface area contributed by atoms with E-state index in [4.69, 9.17) is 14.2 Å². The quantitative estimate of drug-likeness (QED) is 0.727. The van der Waals surface area contributed by atoms with Crippen LogP contribution in [0.4, 0.5) is 0 Å². The molecule has 3 aliphatic carbocycles. The number of hydrogen-bond acceptors (Lipinski definition) is 4. The second kappa shape index (κ2) is 6.59. The first-order valence-corrected chi connectivity index (χ1v) is 10.3. The first-order chi connectivity index (χ1) is 13.2. The van der Waals surface area contributed by atoms with Gasteiger partial charge in [-0.25, -0.2) is 0 Å². The lowest BCUT2D eigenvalue weighted by Crippen LogP contribution is -2.45. The molecule has 0 spiro atoms. The summed E-state index contributed by atoms with van der Waals surface area (Å²) in [5.74, 6) is 3.82. The van der Waals surface area contributed by atoms with Crippen LogP contribution in [0.2, 0.25) is 0 Å². The van der Waals surface area contributed by atoms with Gasteiger partial charge in [-0.2, -0.15) is 0 Å². The standard InChI is InChI=1S/C23H29NO3/c1-4-11-24(13-14-5-6-14)17-12-15-7-9-18(25-2)22-20(15)21-16(17)8-10-19(26-3)23(21)27-22/h7-10,14,17,21,23H,4-6,11-13H2,1-3H3/t17-,21?,23+/m1/s1. The third-order valence-electron chi connectivity index (χ3n) is 6.58. The van der Waals surface area contributed by atoms with Gasteiger partial charge in [0, 0.05) is 18.2 Å². The van der Waals surface area contributed by atoms with Gasteiger partial charge in [-0.05, 0) is 61.4 Å². The first-order valence-electron chi connectivity index (χ1n) is 10.3.